The average molecular weight is 1880 g/mol. The minimum atomic E-state index is -0.994. The number of para-hydroxylation sites is 1. The van der Waals surface area contributed by atoms with Crippen molar-refractivity contribution in [3.63, 3.8) is 0 Å². The topological polar surface area (TPSA) is 341 Å². The quantitative estimate of drug-likeness (QED) is 0.0265. The lowest BCUT2D eigenvalue weighted by molar-refractivity contribution is -0.144. The molecule has 778 valence electrons. The van der Waals surface area contributed by atoms with Gasteiger partial charge in [0.2, 0.25) is 0 Å². The Morgan fingerprint density at radius 3 is 1.00 bits per heavy atom. The molecule has 1 rings (SSSR count). The number of carboxylic acids is 1. The summed E-state index contributed by atoms with van der Waals surface area (Å²) >= 11 is 0. The van der Waals surface area contributed by atoms with Gasteiger partial charge < -0.3 is 143 Å². The number of esters is 1. The maximum Gasteiger partial charge on any atom is 0.333 e. The normalized spacial score (nSPS) is 14.4. The van der Waals surface area contributed by atoms with E-state index in [4.69, 9.17) is 138 Å². The van der Waals surface area contributed by atoms with E-state index in [1.165, 1.54) is 0 Å². The lowest BCUT2D eigenvalue weighted by atomic mass is 10.0. The first kappa shape index (κ1) is 137. The van der Waals surface area contributed by atoms with E-state index in [2.05, 4.69) is 68.9 Å². The summed E-state index contributed by atoms with van der Waals surface area (Å²) in [6.07, 6.45) is 14.9. The largest absolute Gasteiger partial charge is 0.491 e. The van der Waals surface area contributed by atoms with Crippen LogP contribution in [-0.4, -0.2) is 374 Å². The number of aliphatic hydroxyl groups excluding tert-OH is 1. The smallest absolute Gasteiger partial charge is 0.333 e. The highest BCUT2D eigenvalue weighted by Gasteiger charge is 2.22. The van der Waals surface area contributed by atoms with Gasteiger partial charge >= 0.3 is 11.9 Å². The predicted molar refractivity (Wildman–Crippen MR) is 511 cm³/mol. The van der Waals surface area contributed by atoms with Crippen LogP contribution in [0.2, 0.25) is 0 Å². The minimum absolute atomic E-state index is 0.0218. The van der Waals surface area contributed by atoms with Crippen molar-refractivity contribution >= 4 is 18.2 Å². The Morgan fingerprint density at radius 1 is 0.338 bits per heavy atom. The van der Waals surface area contributed by atoms with Crippen LogP contribution < -0.4 is 4.74 Å². The third-order valence-corrected chi connectivity index (χ3v) is 18.6. The Kier molecular flexibility index (Phi) is 115. The molecule has 0 heterocycles. The standard InChI is InChI=1S/C23H48O7.C17H28O4.C14H28O7.C14H26O5.C13H28O4.C12H24O4.C5H12O/c1-7-22(29-15-13-26-11-10-24-8-2)19-23(30-14-12-25-9-3)18-21(6)28-17-16-27-20(4)5;1-4-16(14-15(2)19-11-10-18-3)20-12-13-21-17-8-6-5-7-9-17;1-4-18-6-8-20-12(2)9-13(21-7-5-17-3)10-19-11-14(15)16;1-5-13(10-12(4)17-7-6-15)18-8-9-19-14(16)11(2)3;1-5-13(17-10-8-15-6-2)11-12(3)16-9-7-14-4;1-4-12(16-7-5-6-13)10-11(2)15-9-8-14-3;1-4-5(2)6-3/h20-23H,7-19H2,1-6H3;5-9,15-16H,4,10-14H2,1-3H3;12-13H,4-11H2,1-3H3,(H,15,16);12-13,15H,2,5-10H2,1,3-4H3;12-13H,5-11H2,1-4H3;6,11-12H,4-5,7-10H2,1-3H3;5H,4H2,1-3H3. The molecule has 1 aromatic carbocycles. The number of aliphatic hydroxyl groups is 1. The number of ether oxygens (including phenoxy) is 27. The highest BCUT2D eigenvalue weighted by atomic mass is 16.6. The van der Waals surface area contributed by atoms with Gasteiger partial charge in [0.15, 0.2) is 0 Å². The van der Waals surface area contributed by atoms with E-state index in [0.717, 1.165) is 102 Å². The van der Waals surface area contributed by atoms with E-state index >= 15 is 0 Å². The van der Waals surface area contributed by atoms with Crippen LogP contribution in [0.15, 0.2) is 42.5 Å². The molecular formula is C98H194O32. The molecule has 0 radical (unpaired) electrons. The molecule has 0 saturated carbocycles. The van der Waals surface area contributed by atoms with E-state index in [1.807, 2.05) is 99.6 Å². The summed E-state index contributed by atoms with van der Waals surface area (Å²) in [5.74, 6) is -0.506. The molecular weight excluding hydrogens is 1690 g/mol. The Labute approximate surface area is 788 Å². The Balaban J connectivity index is -0.000000354. The number of hydrogen-bond donors (Lipinski definition) is 2. The summed E-state index contributed by atoms with van der Waals surface area (Å²) in [5, 5.41) is 17.2. The molecule has 130 heavy (non-hydrogen) atoms. The first-order chi connectivity index (χ1) is 62.7. The fourth-order valence-electron chi connectivity index (χ4n) is 11.2. The van der Waals surface area contributed by atoms with Crippen LogP contribution in [0.4, 0.5) is 0 Å². The van der Waals surface area contributed by atoms with Gasteiger partial charge in [-0.15, -0.1) is 0 Å². The minimum Gasteiger partial charge on any atom is -0.491 e. The summed E-state index contributed by atoms with van der Waals surface area (Å²) in [6, 6.07) is 9.79. The molecule has 2 N–H and O–H groups in total. The zero-order chi connectivity index (χ0) is 98.5. The number of hydrogen-bond acceptors (Lipinski definition) is 31. The molecule has 0 aliphatic heterocycles. The van der Waals surface area contributed by atoms with Crippen molar-refractivity contribution in [3.05, 3.63) is 42.5 Å². The second-order valence-corrected chi connectivity index (χ2v) is 30.6. The summed E-state index contributed by atoms with van der Waals surface area (Å²) in [7, 11) is 8.34. The number of aldehydes is 1. The molecule has 0 aliphatic carbocycles. The van der Waals surface area contributed by atoms with Crippen LogP contribution in [-0.2, 0) is 138 Å². The number of carbonyl (C=O) groups is 3. The maximum absolute atomic E-state index is 11.1. The Hall–Kier alpha value is -3.67. The zero-order valence-electron chi connectivity index (χ0n) is 86.2. The van der Waals surface area contributed by atoms with E-state index in [9.17, 15) is 14.4 Å². The first-order valence-corrected chi connectivity index (χ1v) is 48.0. The molecule has 0 saturated heterocycles. The number of aliphatic carboxylic acids is 1. The van der Waals surface area contributed by atoms with Gasteiger partial charge in [0, 0.05) is 80.4 Å². The van der Waals surface area contributed by atoms with Gasteiger partial charge in [-0.3, -0.25) is 0 Å². The van der Waals surface area contributed by atoms with E-state index < -0.39 is 11.9 Å². The van der Waals surface area contributed by atoms with Crippen molar-refractivity contribution in [1.82, 2.24) is 0 Å². The van der Waals surface area contributed by atoms with Crippen LogP contribution in [0.5, 0.6) is 5.75 Å². The van der Waals surface area contributed by atoms with Gasteiger partial charge in [-0.05, 0) is 186 Å². The average Bonchev–Trinajstić information content (AvgIpc) is 0.927. The third kappa shape index (κ3) is 106. The molecule has 32 nitrogen and oxygen atoms in total. The number of methoxy groups -OCH3 is 5. The maximum atomic E-state index is 11.1. The monoisotopic (exact) mass is 1880 g/mol. The second kappa shape index (κ2) is 109. The van der Waals surface area contributed by atoms with Crippen LogP contribution in [0.25, 0.3) is 0 Å². The van der Waals surface area contributed by atoms with Gasteiger partial charge in [-0.2, -0.15) is 0 Å². The van der Waals surface area contributed by atoms with Gasteiger partial charge in [-0.25, -0.2) is 9.59 Å². The van der Waals surface area contributed by atoms with Crippen molar-refractivity contribution in [2.24, 2.45) is 0 Å². The Morgan fingerprint density at radius 2 is 0.646 bits per heavy atom. The van der Waals surface area contributed by atoms with Gasteiger partial charge in [0.05, 0.1) is 263 Å². The Bertz CT molecular complexity index is 2380. The van der Waals surface area contributed by atoms with Crippen LogP contribution >= 0.6 is 0 Å². The van der Waals surface area contributed by atoms with E-state index in [-0.39, 0.29) is 112 Å². The number of carboxylic acid groups (broad SMARTS) is 1. The molecule has 14 unspecified atom stereocenters. The molecule has 0 spiro atoms. The summed E-state index contributed by atoms with van der Waals surface area (Å²) in [6.45, 7) is 61.1. The van der Waals surface area contributed by atoms with Gasteiger partial charge in [-0.1, -0.05) is 66.3 Å². The fraction of sp³-hybridized carbons (Fsp3) is 0.888. The highest BCUT2D eigenvalue weighted by Crippen LogP contribution is 2.19. The summed E-state index contributed by atoms with van der Waals surface area (Å²) in [4.78, 5) is 31.7. The summed E-state index contributed by atoms with van der Waals surface area (Å²) in [5.41, 5.74) is 0.387. The molecule has 32 heteroatoms. The number of benzene rings is 1. The molecule has 1 aromatic rings. The van der Waals surface area contributed by atoms with E-state index in [1.54, 1.807) is 42.5 Å². The van der Waals surface area contributed by atoms with Gasteiger partial charge in [0.25, 0.3) is 0 Å². The first-order valence-electron chi connectivity index (χ1n) is 48.0. The van der Waals surface area contributed by atoms with Crippen molar-refractivity contribution in [3.8, 4) is 5.75 Å². The SMILES string of the molecule is C=C(C)C(=O)OCCOC(CC)CC(C)OCCO.CCC(C)OC.CCC(CC(C)OCCOC)OCCC=O.CCC(CC(C)OCCOC)OCCOc1ccccc1.CCOCCOC(C)CC(COCC(=O)O)OCCOC.CCOCCOC(CC)CC(C)OCCOC.CCOCCOCCOC(CC)CC(CC(C)OCCOC(C)C)OCCOCC. The van der Waals surface area contributed by atoms with Gasteiger partial charge in [0.1, 0.15) is 31.9 Å². The molecule has 0 aromatic heterocycles. The molecule has 0 aliphatic rings. The van der Waals surface area contributed by atoms with Crippen molar-refractivity contribution in [2.75, 3.05) is 254 Å². The predicted octanol–water partition coefficient (Wildman–Crippen LogP) is 15.3. The van der Waals surface area contributed by atoms with E-state index in [0.29, 0.717) is 203 Å². The van der Waals surface area contributed by atoms with Crippen molar-refractivity contribution in [1.29, 1.82) is 0 Å². The third-order valence-electron chi connectivity index (χ3n) is 18.6. The fourth-order valence-corrected chi connectivity index (χ4v) is 11.2. The lowest BCUT2D eigenvalue weighted by Crippen LogP contribution is -2.29. The van der Waals surface area contributed by atoms with Crippen LogP contribution in [0, 0.1) is 0 Å². The molecule has 14 atom stereocenters. The lowest BCUT2D eigenvalue weighted by Gasteiger charge is -2.26. The van der Waals surface area contributed by atoms with Crippen LogP contribution in [0.1, 0.15) is 228 Å². The number of rotatable bonds is 86. The van der Waals surface area contributed by atoms with Crippen molar-refractivity contribution < 1.29 is 152 Å². The highest BCUT2D eigenvalue weighted by molar-refractivity contribution is 5.86. The van der Waals surface area contributed by atoms with Crippen LogP contribution in [0.3, 0.4) is 0 Å². The molecule has 0 amide bonds. The van der Waals surface area contributed by atoms with Crippen molar-refractivity contribution in [2.45, 2.75) is 320 Å². The zero-order valence-corrected chi connectivity index (χ0v) is 86.2. The molecule has 0 fully saturated rings. The second-order valence-electron chi connectivity index (χ2n) is 30.6. The molecule has 0 bridgehead atoms. The number of carbonyl (C=O) groups excluding carboxylic acids is 2. The summed E-state index contributed by atoms with van der Waals surface area (Å²) < 4.78 is 147.